The van der Waals surface area contributed by atoms with Gasteiger partial charge in [-0.3, -0.25) is 0 Å². The zero-order chi connectivity index (χ0) is 16.4. The highest BCUT2D eigenvalue weighted by molar-refractivity contribution is 7.16. The third kappa shape index (κ3) is 2.99. The SMILES string of the molecule is CCc1nc(NCc2ccc(N3CC=CC3)cc2)c2ccsc2n1. The van der Waals surface area contributed by atoms with Gasteiger partial charge in [-0.05, 0) is 29.1 Å². The minimum absolute atomic E-state index is 0.768. The lowest BCUT2D eigenvalue weighted by atomic mass is 10.2. The number of fused-ring (bicyclic) bond motifs is 1. The van der Waals surface area contributed by atoms with Crippen molar-refractivity contribution in [1.82, 2.24) is 9.97 Å². The number of nitrogens with zero attached hydrogens (tertiary/aromatic N) is 3. The van der Waals surface area contributed by atoms with Crippen molar-refractivity contribution in [3.63, 3.8) is 0 Å². The highest BCUT2D eigenvalue weighted by atomic mass is 32.1. The monoisotopic (exact) mass is 336 g/mol. The van der Waals surface area contributed by atoms with E-state index in [1.807, 2.05) is 0 Å². The Hall–Kier alpha value is -2.40. The highest BCUT2D eigenvalue weighted by Crippen LogP contribution is 2.26. The zero-order valence-corrected chi connectivity index (χ0v) is 14.5. The molecule has 0 saturated carbocycles. The van der Waals surface area contributed by atoms with Crippen LogP contribution in [-0.4, -0.2) is 23.1 Å². The molecule has 0 atom stereocenters. The van der Waals surface area contributed by atoms with Gasteiger partial charge in [0.15, 0.2) is 0 Å². The van der Waals surface area contributed by atoms with E-state index in [-0.39, 0.29) is 0 Å². The number of aryl methyl sites for hydroxylation is 1. The van der Waals surface area contributed by atoms with Gasteiger partial charge >= 0.3 is 0 Å². The maximum Gasteiger partial charge on any atom is 0.138 e. The minimum Gasteiger partial charge on any atom is -0.365 e. The summed E-state index contributed by atoms with van der Waals surface area (Å²) in [5, 5.41) is 6.66. The Labute approximate surface area is 145 Å². The molecule has 4 rings (SSSR count). The van der Waals surface area contributed by atoms with E-state index in [1.54, 1.807) is 11.3 Å². The second kappa shape index (κ2) is 6.61. The number of aromatic nitrogens is 2. The van der Waals surface area contributed by atoms with E-state index in [0.29, 0.717) is 0 Å². The van der Waals surface area contributed by atoms with Gasteiger partial charge in [0.1, 0.15) is 16.5 Å². The van der Waals surface area contributed by atoms with Crippen LogP contribution in [0.5, 0.6) is 0 Å². The molecule has 0 fully saturated rings. The fraction of sp³-hybridized carbons (Fsp3) is 0.263. The summed E-state index contributed by atoms with van der Waals surface area (Å²) in [6.07, 6.45) is 5.27. The maximum atomic E-state index is 4.66. The predicted molar refractivity (Wildman–Crippen MR) is 102 cm³/mol. The molecule has 0 aliphatic carbocycles. The number of hydrogen-bond acceptors (Lipinski definition) is 5. The molecule has 1 aromatic carbocycles. The van der Waals surface area contributed by atoms with Crippen molar-refractivity contribution in [3.8, 4) is 0 Å². The van der Waals surface area contributed by atoms with Crippen LogP contribution in [0.2, 0.25) is 0 Å². The summed E-state index contributed by atoms with van der Waals surface area (Å²) in [7, 11) is 0. The van der Waals surface area contributed by atoms with Crippen LogP contribution in [0.4, 0.5) is 11.5 Å². The molecule has 24 heavy (non-hydrogen) atoms. The van der Waals surface area contributed by atoms with Crippen molar-refractivity contribution >= 4 is 33.1 Å². The molecule has 0 amide bonds. The Balaban J connectivity index is 1.49. The van der Waals surface area contributed by atoms with Gasteiger partial charge in [-0.2, -0.15) is 0 Å². The summed E-state index contributed by atoms with van der Waals surface area (Å²) < 4.78 is 0. The normalized spacial score (nSPS) is 13.8. The Kier molecular flexibility index (Phi) is 4.17. The van der Waals surface area contributed by atoms with Gasteiger partial charge in [0.2, 0.25) is 0 Å². The second-order valence-corrected chi connectivity index (χ2v) is 6.77. The van der Waals surface area contributed by atoms with Crippen LogP contribution in [0, 0.1) is 0 Å². The highest BCUT2D eigenvalue weighted by Gasteiger charge is 2.09. The van der Waals surface area contributed by atoms with Crippen LogP contribution in [0.1, 0.15) is 18.3 Å². The molecule has 0 spiro atoms. The topological polar surface area (TPSA) is 41.1 Å². The maximum absolute atomic E-state index is 4.66. The molecule has 3 heterocycles. The van der Waals surface area contributed by atoms with Gasteiger partial charge in [-0.25, -0.2) is 9.97 Å². The molecule has 1 aliphatic heterocycles. The quantitative estimate of drug-likeness (QED) is 0.708. The predicted octanol–water partition coefficient (Wildman–Crippen LogP) is 4.24. The van der Waals surface area contributed by atoms with Crippen molar-refractivity contribution in [1.29, 1.82) is 0 Å². The van der Waals surface area contributed by atoms with Crippen LogP contribution in [0.25, 0.3) is 10.2 Å². The van der Waals surface area contributed by atoms with Gasteiger partial charge in [-0.1, -0.05) is 31.2 Å². The Morgan fingerprint density at radius 2 is 1.88 bits per heavy atom. The van der Waals surface area contributed by atoms with Gasteiger partial charge in [0, 0.05) is 31.7 Å². The second-order valence-electron chi connectivity index (χ2n) is 5.88. The number of hydrogen-bond donors (Lipinski definition) is 1. The van der Waals surface area contributed by atoms with Crippen molar-refractivity contribution in [2.24, 2.45) is 0 Å². The first-order valence-electron chi connectivity index (χ1n) is 8.30. The van der Waals surface area contributed by atoms with Gasteiger partial charge in [-0.15, -0.1) is 11.3 Å². The third-order valence-corrected chi connectivity index (χ3v) is 5.07. The van der Waals surface area contributed by atoms with Gasteiger partial charge in [0.05, 0.1) is 5.39 Å². The Morgan fingerprint density at radius 3 is 2.62 bits per heavy atom. The summed E-state index contributed by atoms with van der Waals surface area (Å²) in [5.41, 5.74) is 2.53. The first kappa shape index (κ1) is 15.1. The smallest absolute Gasteiger partial charge is 0.138 e. The van der Waals surface area contributed by atoms with E-state index < -0.39 is 0 Å². The van der Waals surface area contributed by atoms with Crippen molar-refractivity contribution in [2.75, 3.05) is 23.3 Å². The van der Waals surface area contributed by atoms with Crippen molar-refractivity contribution in [3.05, 3.63) is 59.3 Å². The molecule has 1 aliphatic rings. The molecule has 3 aromatic rings. The van der Waals surface area contributed by atoms with E-state index in [1.165, 1.54) is 11.3 Å². The first-order chi connectivity index (χ1) is 11.8. The van der Waals surface area contributed by atoms with Crippen LogP contribution in [-0.2, 0) is 13.0 Å². The standard InChI is InChI=1S/C19H20N4S/c1-2-17-21-18(16-9-12-24-19(16)22-17)20-13-14-5-7-15(8-6-14)23-10-3-4-11-23/h3-9,12H,2,10-11,13H2,1H3,(H,20,21,22). The first-order valence-corrected chi connectivity index (χ1v) is 9.18. The number of anilines is 2. The van der Waals surface area contributed by atoms with Gasteiger partial charge in [0.25, 0.3) is 0 Å². The van der Waals surface area contributed by atoms with E-state index >= 15 is 0 Å². The lowest BCUT2D eigenvalue weighted by Gasteiger charge is -2.18. The summed E-state index contributed by atoms with van der Waals surface area (Å²) in [4.78, 5) is 12.6. The average molecular weight is 336 g/mol. The fourth-order valence-corrected chi connectivity index (χ4v) is 3.67. The third-order valence-electron chi connectivity index (χ3n) is 4.27. The Bertz CT molecular complexity index is 859. The largest absolute Gasteiger partial charge is 0.365 e. The van der Waals surface area contributed by atoms with E-state index in [2.05, 4.69) is 75.0 Å². The zero-order valence-electron chi connectivity index (χ0n) is 13.7. The number of nitrogens with one attached hydrogen (secondary N) is 1. The lowest BCUT2D eigenvalue weighted by Crippen LogP contribution is -2.18. The molecule has 4 nitrogen and oxygen atoms in total. The molecule has 0 bridgehead atoms. The molecular formula is C19H20N4S. The van der Waals surface area contributed by atoms with Crippen LogP contribution in [0.15, 0.2) is 47.9 Å². The number of rotatable bonds is 5. The van der Waals surface area contributed by atoms with Crippen LogP contribution >= 0.6 is 11.3 Å². The van der Waals surface area contributed by atoms with Crippen LogP contribution < -0.4 is 10.2 Å². The Morgan fingerprint density at radius 1 is 1.08 bits per heavy atom. The van der Waals surface area contributed by atoms with E-state index in [0.717, 1.165) is 47.9 Å². The van der Waals surface area contributed by atoms with Gasteiger partial charge < -0.3 is 10.2 Å². The minimum atomic E-state index is 0.768. The molecule has 0 saturated heterocycles. The molecule has 1 N–H and O–H groups in total. The fourth-order valence-electron chi connectivity index (χ4n) is 2.89. The molecule has 122 valence electrons. The van der Waals surface area contributed by atoms with Crippen molar-refractivity contribution in [2.45, 2.75) is 19.9 Å². The molecule has 5 heteroatoms. The molecular weight excluding hydrogens is 316 g/mol. The summed E-state index contributed by atoms with van der Waals surface area (Å²) in [5.74, 6) is 1.83. The average Bonchev–Trinajstić information content (AvgIpc) is 3.31. The van der Waals surface area contributed by atoms with Crippen molar-refractivity contribution < 1.29 is 0 Å². The molecule has 2 aromatic heterocycles. The lowest BCUT2D eigenvalue weighted by molar-refractivity contribution is 0.956. The van der Waals surface area contributed by atoms with E-state index in [9.17, 15) is 0 Å². The summed E-state index contributed by atoms with van der Waals surface area (Å²) in [6, 6.07) is 10.9. The molecule has 0 unspecified atom stereocenters. The number of benzene rings is 1. The number of thiophene rings is 1. The molecule has 0 radical (unpaired) electrons. The van der Waals surface area contributed by atoms with E-state index in [4.69, 9.17) is 0 Å². The summed E-state index contributed by atoms with van der Waals surface area (Å²) in [6.45, 7) is 4.87. The summed E-state index contributed by atoms with van der Waals surface area (Å²) >= 11 is 1.67. The van der Waals surface area contributed by atoms with Crippen LogP contribution in [0.3, 0.4) is 0 Å².